The van der Waals surface area contributed by atoms with Crippen LogP contribution in [0.1, 0.15) is 5.56 Å². The van der Waals surface area contributed by atoms with Gasteiger partial charge in [0, 0.05) is 12.6 Å². The Balaban J connectivity index is 2.95. The van der Waals surface area contributed by atoms with E-state index in [9.17, 15) is 13.2 Å². The first kappa shape index (κ1) is 14.6. The van der Waals surface area contributed by atoms with Gasteiger partial charge < -0.3 is 11.1 Å². The smallest absolute Gasteiger partial charge is 0.241 e. The number of likely N-dealkylation sites (N-methyl/N-ethyl adjacent to an activating group) is 1. The van der Waals surface area contributed by atoms with E-state index >= 15 is 0 Å². The third-order valence-corrected chi connectivity index (χ3v) is 3.77. The fraction of sp³-hybridized carbons (Fsp3) is 0.200. The summed E-state index contributed by atoms with van der Waals surface area (Å²) in [6.45, 7) is -0.323. The molecule has 0 aliphatic heterocycles. The molecule has 0 aromatic heterocycles. The van der Waals surface area contributed by atoms with E-state index in [4.69, 9.17) is 18.0 Å². The number of hydrogen-bond acceptors (Lipinski definition) is 4. The summed E-state index contributed by atoms with van der Waals surface area (Å²) in [7, 11) is -2.33. The third-order valence-electron chi connectivity index (χ3n) is 2.13. The van der Waals surface area contributed by atoms with Gasteiger partial charge in [0.25, 0.3) is 0 Å². The first-order valence-electron chi connectivity index (χ1n) is 4.97. The molecule has 0 bridgehead atoms. The van der Waals surface area contributed by atoms with Crippen molar-refractivity contribution < 1.29 is 13.2 Å². The Morgan fingerprint density at radius 2 is 2.11 bits per heavy atom. The molecule has 0 fully saturated rings. The van der Waals surface area contributed by atoms with Crippen LogP contribution in [-0.4, -0.2) is 32.9 Å². The fourth-order valence-electron chi connectivity index (χ4n) is 1.15. The summed E-state index contributed by atoms with van der Waals surface area (Å²) in [5.41, 5.74) is 5.87. The Morgan fingerprint density at radius 3 is 2.67 bits per heavy atom. The van der Waals surface area contributed by atoms with Crippen molar-refractivity contribution in [2.45, 2.75) is 4.90 Å². The molecule has 0 aliphatic carbocycles. The van der Waals surface area contributed by atoms with Gasteiger partial charge in [-0.2, -0.15) is 0 Å². The molecule has 0 aliphatic rings. The van der Waals surface area contributed by atoms with Crippen LogP contribution in [0, 0.1) is 0 Å². The van der Waals surface area contributed by atoms with Gasteiger partial charge in [-0.15, -0.1) is 0 Å². The maximum Gasteiger partial charge on any atom is 0.241 e. The van der Waals surface area contributed by atoms with Gasteiger partial charge >= 0.3 is 0 Å². The van der Waals surface area contributed by atoms with Gasteiger partial charge in [0.15, 0.2) is 0 Å². The highest BCUT2D eigenvalue weighted by Crippen LogP contribution is 2.11. The van der Waals surface area contributed by atoms with E-state index in [-0.39, 0.29) is 16.4 Å². The predicted molar refractivity (Wildman–Crippen MR) is 71.6 cm³/mol. The van der Waals surface area contributed by atoms with E-state index in [1.165, 1.54) is 25.2 Å². The number of sulfonamides is 1. The zero-order valence-electron chi connectivity index (χ0n) is 9.64. The molecule has 1 amide bonds. The number of hydrogen-bond donors (Lipinski definition) is 3. The van der Waals surface area contributed by atoms with Crippen LogP contribution >= 0.6 is 12.2 Å². The highest BCUT2D eigenvalue weighted by Gasteiger charge is 2.15. The first-order chi connectivity index (χ1) is 8.36. The third kappa shape index (κ3) is 3.76. The molecule has 18 heavy (non-hydrogen) atoms. The lowest BCUT2D eigenvalue weighted by Gasteiger charge is -2.07. The number of nitrogens with one attached hydrogen (secondary N) is 2. The maximum absolute atomic E-state index is 11.9. The Morgan fingerprint density at radius 1 is 1.44 bits per heavy atom. The maximum atomic E-state index is 11.9. The standard InChI is InChI=1S/C10H13N3O3S2/c1-12-9(14)6-13-18(15,16)8-4-2-3-7(5-8)10(11)17/h2-5,13H,6H2,1H3,(H2,11,17)(H,12,14). The second kappa shape index (κ2) is 5.89. The lowest BCUT2D eigenvalue weighted by Crippen LogP contribution is -2.35. The summed E-state index contributed by atoms with van der Waals surface area (Å²) in [6, 6.07) is 5.89. The lowest BCUT2D eigenvalue weighted by molar-refractivity contribution is -0.119. The molecule has 98 valence electrons. The van der Waals surface area contributed by atoms with Crippen molar-refractivity contribution in [1.82, 2.24) is 10.0 Å². The van der Waals surface area contributed by atoms with Gasteiger partial charge in [0.1, 0.15) is 4.99 Å². The normalized spacial score (nSPS) is 10.9. The number of rotatable bonds is 5. The molecule has 1 aromatic carbocycles. The zero-order chi connectivity index (χ0) is 13.8. The van der Waals surface area contributed by atoms with Crippen molar-refractivity contribution in [2.24, 2.45) is 5.73 Å². The molecule has 0 heterocycles. The summed E-state index contributed by atoms with van der Waals surface area (Å²) in [6.07, 6.45) is 0. The summed E-state index contributed by atoms with van der Waals surface area (Å²) < 4.78 is 25.9. The summed E-state index contributed by atoms with van der Waals surface area (Å²) in [4.78, 5) is 11.1. The molecule has 0 atom stereocenters. The second-order valence-corrected chi connectivity index (χ2v) is 5.60. The number of amides is 1. The van der Waals surface area contributed by atoms with E-state index in [2.05, 4.69) is 10.0 Å². The molecule has 0 radical (unpaired) electrons. The predicted octanol–water partition coefficient (Wildman–Crippen LogP) is -0.655. The molecule has 8 heteroatoms. The summed E-state index contributed by atoms with van der Waals surface area (Å²) in [5.74, 6) is -0.427. The molecule has 4 N–H and O–H groups in total. The van der Waals surface area contributed by atoms with Crippen molar-refractivity contribution in [3.63, 3.8) is 0 Å². The van der Waals surface area contributed by atoms with E-state index in [0.717, 1.165) is 0 Å². The van der Waals surface area contributed by atoms with Gasteiger partial charge in [0.2, 0.25) is 15.9 Å². The Labute approximate surface area is 111 Å². The minimum Gasteiger partial charge on any atom is -0.389 e. The van der Waals surface area contributed by atoms with Crippen LogP contribution < -0.4 is 15.8 Å². The first-order valence-corrected chi connectivity index (χ1v) is 6.86. The average Bonchev–Trinajstić information content (AvgIpc) is 2.36. The second-order valence-electron chi connectivity index (χ2n) is 3.39. The number of thiocarbonyl (C=S) groups is 1. The van der Waals surface area contributed by atoms with Crippen LogP contribution in [0.3, 0.4) is 0 Å². The minimum atomic E-state index is -3.75. The number of benzene rings is 1. The molecule has 0 spiro atoms. The molecular weight excluding hydrogens is 274 g/mol. The van der Waals surface area contributed by atoms with Gasteiger partial charge in [-0.3, -0.25) is 4.79 Å². The van der Waals surface area contributed by atoms with Crippen molar-refractivity contribution in [3.05, 3.63) is 29.8 Å². The van der Waals surface area contributed by atoms with Crippen molar-refractivity contribution in [1.29, 1.82) is 0 Å². The quantitative estimate of drug-likeness (QED) is 0.624. The molecule has 6 nitrogen and oxygen atoms in total. The average molecular weight is 287 g/mol. The highest BCUT2D eigenvalue weighted by molar-refractivity contribution is 7.89. The van der Waals surface area contributed by atoms with E-state index in [0.29, 0.717) is 5.56 Å². The topological polar surface area (TPSA) is 101 Å². The van der Waals surface area contributed by atoms with E-state index < -0.39 is 15.9 Å². The number of carbonyl (C=O) groups excluding carboxylic acids is 1. The zero-order valence-corrected chi connectivity index (χ0v) is 11.3. The molecule has 0 saturated heterocycles. The van der Waals surface area contributed by atoms with Crippen LogP contribution in [0.4, 0.5) is 0 Å². The van der Waals surface area contributed by atoms with Crippen molar-refractivity contribution in [2.75, 3.05) is 13.6 Å². The minimum absolute atomic E-state index is 0.0108. The van der Waals surface area contributed by atoms with Crippen LogP contribution in [0.25, 0.3) is 0 Å². The van der Waals surface area contributed by atoms with Gasteiger partial charge in [-0.1, -0.05) is 24.4 Å². The Hall–Kier alpha value is -1.51. The lowest BCUT2D eigenvalue weighted by atomic mass is 10.2. The summed E-state index contributed by atoms with van der Waals surface area (Å²) >= 11 is 4.77. The summed E-state index contributed by atoms with van der Waals surface area (Å²) in [5, 5.41) is 2.31. The monoisotopic (exact) mass is 287 g/mol. The van der Waals surface area contributed by atoms with Crippen LogP contribution in [-0.2, 0) is 14.8 Å². The van der Waals surface area contributed by atoms with Crippen LogP contribution in [0.5, 0.6) is 0 Å². The Kier molecular flexibility index (Phi) is 4.76. The van der Waals surface area contributed by atoms with Gasteiger partial charge in [-0.25, -0.2) is 13.1 Å². The van der Waals surface area contributed by atoms with Gasteiger partial charge in [-0.05, 0) is 12.1 Å². The fourth-order valence-corrected chi connectivity index (χ4v) is 2.30. The van der Waals surface area contributed by atoms with Crippen LogP contribution in [0.2, 0.25) is 0 Å². The van der Waals surface area contributed by atoms with Crippen molar-refractivity contribution in [3.8, 4) is 0 Å². The molecule has 0 saturated carbocycles. The van der Waals surface area contributed by atoms with Crippen LogP contribution in [0.15, 0.2) is 29.2 Å². The molecule has 1 rings (SSSR count). The molecule has 0 unspecified atom stereocenters. The van der Waals surface area contributed by atoms with Gasteiger partial charge in [0.05, 0.1) is 11.4 Å². The molecular formula is C10H13N3O3S2. The van der Waals surface area contributed by atoms with Crippen molar-refractivity contribution >= 4 is 33.1 Å². The Bertz CT molecular complexity index is 569. The van der Waals surface area contributed by atoms with E-state index in [1.807, 2.05) is 0 Å². The largest absolute Gasteiger partial charge is 0.389 e. The number of carbonyl (C=O) groups is 1. The number of nitrogens with two attached hydrogens (primary N) is 1. The molecule has 1 aromatic rings. The van der Waals surface area contributed by atoms with E-state index in [1.54, 1.807) is 6.07 Å². The highest BCUT2D eigenvalue weighted by atomic mass is 32.2. The SMILES string of the molecule is CNC(=O)CNS(=O)(=O)c1cccc(C(N)=S)c1.